The maximum atomic E-state index is 9.34. The van der Waals surface area contributed by atoms with Gasteiger partial charge in [-0.05, 0) is 49.1 Å². The first kappa shape index (κ1) is 14.4. The SMILES string of the molecule is COc1ccc(CNc2ccc(C3(C#N)CCC3)nc2)cc1. The molecule has 1 saturated carbocycles. The molecule has 1 aromatic heterocycles. The maximum absolute atomic E-state index is 9.34. The summed E-state index contributed by atoms with van der Waals surface area (Å²) in [6.07, 6.45) is 4.78. The number of nitrogens with zero attached hydrogens (tertiary/aromatic N) is 2. The molecule has 0 radical (unpaired) electrons. The number of hydrogen-bond acceptors (Lipinski definition) is 4. The number of benzene rings is 1. The monoisotopic (exact) mass is 293 g/mol. The van der Waals surface area contributed by atoms with Crippen LogP contribution >= 0.6 is 0 Å². The highest BCUT2D eigenvalue weighted by Gasteiger charge is 2.40. The van der Waals surface area contributed by atoms with Crippen LogP contribution in [-0.2, 0) is 12.0 Å². The third-order valence-corrected chi connectivity index (χ3v) is 4.33. The van der Waals surface area contributed by atoms with E-state index in [9.17, 15) is 5.26 Å². The van der Waals surface area contributed by atoms with Crippen LogP contribution in [0.3, 0.4) is 0 Å². The number of anilines is 1. The Bertz CT molecular complexity index is 667. The third kappa shape index (κ3) is 2.75. The van der Waals surface area contributed by atoms with E-state index in [-0.39, 0.29) is 5.41 Å². The minimum Gasteiger partial charge on any atom is -0.497 e. The number of pyridine rings is 1. The van der Waals surface area contributed by atoms with E-state index < -0.39 is 0 Å². The van der Waals surface area contributed by atoms with Gasteiger partial charge in [-0.1, -0.05) is 12.1 Å². The number of nitrogens with one attached hydrogen (secondary N) is 1. The Morgan fingerprint density at radius 2 is 2.00 bits per heavy atom. The molecule has 0 aliphatic heterocycles. The maximum Gasteiger partial charge on any atom is 0.118 e. The van der Waals surface area contributed by atoms with E-state index in [0.717, 1.165) is 42.9 Å². The average molecular weight is 293 g/mol. The summed E-state index contributed by atoms with van der Waals surface area (Å²) in [6.45, 7) is 0.731. The van der Waals surface area contributed by atoms with E-state index in [4.69, 9.17) is 4.74 Å². The lowest BCUT2D eigenvalue weighted by Crippen LogP contribution is -2.33. The second-order valence-electron chi connectivity index (χ2n) is 5.68. The fourth-order valence-corrected chi connectivity index (χ4v) is 2.68. The summed E-state index contributed by atoms with van der Waals surface area (Å²) in [4.78, 5) is 4.48. The van der Waals surface area contributed by atoms with Crippen molar-refractivity contribution in [1.82, 2.24) is 4.98 Å². The topological polar surface area (TPSA) is 57.9 Å². The molecule has 0 unspecified atom stereocenters. The van der Waals surface area contributed by atoms with Gasteiger partial charge in [0.1, 0.15) is 5.75 Å². The minimum absolute atomic E-state index is 0.339. The molecule has 1 fully saturated rings. The second kappa shape index (κ2) is 6.07. The Kier molecular flexibility index (Phi) is 3.97. The summed E-state index contributed by atoms with van der Waals surface area (Å²) in [6, 6.07) is 14.4. The predicted octanol–water partition coefficient (Wildman–Crippen LogP) is 3.65. The number of rotatable bonds is 5. The summed E-state index contributed by atoms with van der Waals surface area (Å²) >= 11 is 0. The molecule has 0 saturated heterocycles. The van der Waals surface area contributed by atoms with Crippen LogP contribution in [0.5, 0.6) is 5.75 Å². The van der Waals surface area contributed by atoms with Crippen molar-refractivity contribution in [2.45, 2.75) is 31.2 Å². The van der Waals surface area contributed by atoms with Crippen molar-refractivity contribution in [3.63, 3.8) is 0 Å². The summed E-state index contributed by atoms with van der Waals surface area (Å²) < 4.78 is 5.15. The van der Waals surface area contributed by atoms with Crippen LogP contribution < -0.4 is 10.1 Å². The number of methoxy groups -OCH3 is 1. The van der Waals surface area contributed by atoms with E-state index in [1.54, 1.807) is 7.11 Å². The van der Waals surface area contributed by atoms with Crippen molar-refractivity contribution in [3.05, 3.63) is 53.9 Å². The molecular formula is C18H19N3O. The standard InChI is InChI=1S/C18H19N3O/c1-22-16-6-3-14(4-7-16)11-20-15-5-8-17(21-12-15)18(13-19)9-2-10-18/h3-8,12,20H,2,9-11H2,1H3. The molecule has 1 aromatic carbocycles. The summed E-state index contributed by atoms with van der Waals surface area (Å²) in [7, 11) is 1.66. The molecule has 2 aromatic rings. The van der Waals surface area contributed by atoms with Gasteiger partial charge < -0.3 is 10.1 Å². The van der Waals surface area contributed by atoms with Crippen molar-refractivity contribution < 1.29 is 4.74 Å². The van der Waals surface area contributed by atoms with Crippen molar-refractivity contribution >= 4 is 5.69 Å². The van der Waals surface area contributed by atoms with Gasteiger partial charge in [-0.15, -0.1) is 0 Å². The van der Waals surface area contributed by atoms with E-state index >= 15 is 0 Å². The summed E-state index contributed by atoms with van der Waals surface area (Å²) in [5.74, 6) is 0.858. The Hall–Kier alpha value is -2.54. The van der Waals surface area contributed by atoms with Crippen LogP contribution in [0.15, 0.2) is 42.6 Å². The lowest BCUT2D eigenvalue weighted by atomic mass is 9.67. The van der Waals surface area contributed by atoms with Gasteiger partial charge in [0.25, 0.3) is 0 Å². The molecule has 4 nitrogen and oxygen atoms in total. The van der Waals surface area contributed by atoms with Crippen molar-refractivity contribution in [2.24, 2.45) is 0 Å². The van der Waals surface area contributed by atoms with Crippen LogP contribution in [0.1, 0.15) is 30.5 Å². The molecule has 0 amide bonds. The van der Waals surface area contributed by atoms with E-state index in [1.807, 2.05) is 42.6 Å². The van der Waals surface area contributed by atoms with Crippen LogP contribution in [0, 0.1) is 11.3 Å². The Morgan fingerprint density at radius 1 is 1.23 bits per heavy atom. The largest absolute Gasteiger partial charge is 0.497 e. The van der Waals surface area contributed by atoms with Gasteiger partial charge in [-0.3, -0.25) is 4.98 Å². The zero-order chi connectivity index (χ0) is 15.4. The second-order valence-corrected chi connectivity index (χ2v) is 5.68. The van der Waals surface area contributed by atoms with E-state index in [0.29, 0.717) is 0 Å². The Morgan fingerprint density at radius 3 is 2.50 bits per heavy atom. The molecule has 3 rings (SSSR count). The fourth-order valence-electron chi connectivity index (χ4n) is 2.68. The normalized spacial score (nSPS) is 15.5. The molecule has 1 N–H and O–H groups in total. The van der Waals surface area contributed by atoms with E-state index in [1.165, 1.54) is 5.56 Å². The number of hydrogen-bond donors (Lipinski definition) is 1. The Balaban J connectivity index is 1.62. The van der Waals surface area contributed by atoms with Gasteiger partial charge in [0.05, 0.1) is 36.2 Å². The zero-order valence-electron chi connectivity index (χ0n) is 12.7. The van der Waals surface area contributed by atoms with Crippen molar-refractivity contribution in [2.75, 3.05) is 12.4 Å². The van der Waals surface area contributed by atoms with Crippen LogP contribution in [0.4, 0.5) is 5.69 Å². The molecule has 1 heterocycles. The summed E-state index contributed by atoms with van der Waals surface area (Å²) in [5, 5.41) is 12.7. The van der Waals surface area contributed by atoms with Crippen molar-refractivity contribution in [3.8, 4) is 11.8 Å². The average Bonchev–Trinajstić information content (AvgIpc) is 2.54. The number of nitriles is 1. The number of ether oxygens (including phenoxy) is 1. The summed E-state index contributed by atoms with van der Waals surface area (Å²) in [5.41, 5.74) is 2.70. The van der Waals surface area contributed by atoms with Gasteiger partial charge in [-0.2, -0.15) is 5.26 Å². The van der Waals surface area contributed by atoms with Gasteiger partial charge in [0, 0.05) is 6.54 Å². The first-order chi connectivity index (χ1) is 10.8. The highest BCUT2D eigenvalue weighted by molar-refractivity contribution is 5.44. The van der Waals surface area contributed by atoms with Crippen LogP contribution in [-0.4, -0.2) is 12.1 Å². The van der Waals surface area contributed by atoms with Crippen LogP contribution in [0.2, 0.25) is 0 Å². The Labute approximate surface area is 130 Å². The predicted molar refractivity (Wildman–Crippen MR) is 85.7 cm³/mol. The first-order valence-electron chi connectivity index (χ1n) is 7.50. The molecule has 1 aliphatic rings. The van der Waals surface area contributed by atoms with Gasteiger partial charge >= 0.3 is 0 Å². The molecule has 4 heteroatoms. The highest BCUT2D eigenvalue weighted by atomic mass is 16.5. The molecule has 0 spiro atoms. The molecular weight excluding hydrogens is 274 g/mol. The van der Waals surface area contributed by atoms with Gasteiger partial charge in [0.15, 0.2) is 0 Å². The van der Waals surface area contributed by atoms with Gasteiger partial charge in [0.2, 0.25) is 0 Å². The molecule has 0 bridgehead atoms. The number of aromatic nitrogens is 1. The highest BCUT2D eigenvalue weighted by Crippen LogP contribution is 2.42. The van der Waals surface area contributed by atoms with E-state index in [2.05, 4.69) is 16.4 Å². The lowest BCUT2D eigenvalue weighted by molar-refractivity contribution is 0.316. The lowest BCUT2D eigenvalue weighted by Gasteiger charge is -2.34. The quantitative estimate of drug-likeness (QED) is 0.914. The zero-order valence-corrected chi connectivity index (χ0v) is 12.7. The van der Waals surface area contributed by atoms with Crippen LogP contribution in [0.25, 0.3) is 0 Å². The fraction of sp³-hybridized carbons (Fsp3) is 0.333. The van der Waals surface area contributed by atoms with Gasteiger partial charge in [-0.25, -0.2) is 0 Å². The first-order valence-corrected chi connectivity index (χ1v) is 7.50. The molecule has 22 heavy (non-hydrogen) atoms. The third-order valence-electron chi connectivity index (χ3n) is 4.33. The molecule has 112 valence electrons. The molecule has 1 aliphatic carbocycles. The minimum atomic E-state index is -0.339. The smallest absolute Gasteiger partial charge is 0.118 e. The molecule has 0 atom stereocenters. The van der Waals surface area contributed by atoms with Crippen molar-refractivity contribution in [1.29, 1.82) is 5.26 Å².